The Kier molecular flexibility index (Phi) is 10.4. The zero-order chi connectivity index (χ0) is 19.4. The molecule has 0 atom stereocenters. The van der Waals surface area contributed by atoms with Crippen molar-refractivity contribution in [3.05, 3.63) is 12.2 Å². The molecule has 0 aromatic carbocycles. The molecule has 1 N–H and O–H groups in total. The van der Waals surface area contributed by atoms with E-state index in [0.29, 0.717) is 45.8 Å². The quantitative estimate of drug-likeness (QED) is 0.353. The zero-order valence-electron chi connectivity index (χ0n) is 15.5. The third kappa shape index (κ3) is 8.87. The molecule has 3 amide bonds. The summed E-state index contributed by atoms with van der Waals surface area (Å²) in [6, 6.07) is 0. The van der Waals surface area contributed by atoms with Crippen LogP contribution >= 0.6 is 0 Å². The molecule has 1 rings (SSSR count). The van der Waals surface area contributed by atoms with E-state index in [0.717, 1.165) is 4.90 Å². The lowest BCUT2D eigenvalue weighted by Crippen LogP contribution is -2.35. The molecule has 1 aliphatic rings. The molecule has 0 bridgehead atoms. The molecule has 0 fully saturated rings. The SMILES string of the molecule is CC(C)C(=O)CCCOCCOCCNC(=O)CCN1C(=O)C=CC1=O. The maximum absolute atomic E-state index is 11.6. The van der Waals surface area contributed by atoms with Gasteiger partial charge in [0.25, 0.3) is 11.8 Å². The van der Waals surface area contributed by atoms with Gasteiger partial charge in [0.05, 0.1) is 19.8 Å². The first-order valence-corrected chi connectivity index (χ1v) is 8.90. The fourth-order valence-electron chi connectivity index (χ4n) is 2.17. The Bertz CT molecular complexity index is 512. The number of hydrogen-bond donors (Lipinski definition) is 1. The van der Waals surface area contributed by atoms with E-state index in [1.54, 1.807) is 0 Å². The van der Waals surface area contributed by atoms with Crippen LogP contribution < -0.4 is 5.32 Å². The molecule has 0 saturated heterocycles. The molecule has 0 aliphatic carbocycles. The van der Waals surface area contributed by atoms with Gasteiger partial charge in [0.15, 0.2) is 0 Å². The van der Waals surface area contributed by atoms with Gasteiger partial charge in [-0.25, -0.2) is 0 Å². The van der Waals surface area contributed by atoms with Crippen LogP contribution in [0.5, 0.6) is 0 Å². The summed E-state index contributed by atoms with van der Waals surface area (Å²) in [5.74, 6) is -0.705. The summed E-state index contributed by atoms with van der Waals surface area (Å²) in [5, 5.41) is 2.66. The van der Waals surface area contributed by atoms with E-state index >= 15 is 0 Å². The lowest BCUT2D eigenvalue weighted by Gasteiger charge is -2.13. The van der Waals surface area contributed by atoms with Gasteiger partial charge in [0.2, 0.25) is 5.91 Å². The van der Waals surface area contributed by atoms with Crippen molar-refractivity contribution in [2.45, 2.75) is 33.1 Å². The average molecular weight is 368 g/mol. The molecule has 8 heteroatoms. The van der Waals surface area contributed by atoms with Crippen molar-refractivity contribution in [2.24, 2.45) is 5.92 Å². The Morgan fingerprint density at radius 1 is 1.00 bits per heavy atom. The number of rotatable bonds is 14. The molecule has 0 unspecified atom stereocenters. The first kappa shape index (κ1) is 22.0. The Balaban J connectivity index is 1.89. The zero-order valence-corrected chi connectivity index (χ0v) is 15.5. The lowest BCUT2D eigenvalue weighted by molar-refractivity contribution is -0.137. The molecule has 8 nitrogen and oxygen atoms in total. The molecular formula is C18H28N2O6. The summed E-state index contributed by atoms with van der Waals surface area (Å²) in [6.45, 7) is 5.93. The van der Waals surface area contributed by atoms with Gasteiger partial charge in [-0.15, -0.1) is 0 Å². The largest absolute Gasteiger partial charge is 0.379 e. The van der Waals surface area contributed by atoms with E-state index in [9.17, 15) is 19.2 Å². The van der Waals surface area contributed by atoms with Crippen molar-refractivity contribution < 1.29 is 28.7 Å². The van der Waals surface area contributed by atoms with E-state index in [1.807, 2.05) is 13.8 Å². The monoisotopic (exact) mass is 368 g/mol. The highest BCUT2D eigenvalue weighted by molar-refractivity contribution is 6.13. The van der Waals surface area contributed by atoms with Crippen LogP contribution in [0.25, 0.3) is 0 Å². The van der Waals surface area contributed by atoms with Gasteiger partial charge in [-0.3, -0.25) is 24.1 Å². The number of imide groups is 1. The van der Waals surface area contributed by atoms with Crippen molar-refractivity contribution in [1.29, 1.82) is 0 Å². The molecule has 0 aromatic heterocycles. The normalized spacial score (nSPS) is 13.7. The number of nitrogens with zero attached hydrogens (tertiary/aromatic N) is 1. The van der Waals surface area contributed by atoms with Crippen LogP contribution in [0, 0.1) is 5.92 Å². The van der Waals surface area contributed by atoms with Crippen LogP contribution in [0.3, 0.4) is 0 Å². The lowest BCUT2D eigenvalue weighted by atomic mass is 10.1. The van der Waals surface area contributed by atoms with Crippen molar-refractivity contribution in [2.75, 3.05) is 39.5 Å². The van der Waals surface area contributed by atoms with Gasteiger partial charge in [0.1, 0.15) is 5.78 Å². The van der Waals surface area contributed by atoms with Crippen LogP contribution in [-0.2, 0) is 28.7 Å². The minimum absolute atomic E-state index is 0.0668. The van der Waals surface area contributed by atoms with Gasteiger partial charge in [-0.2, -0.15) is 0 Å². The van der Waals surface area contributed by atoms with E-state index in [4.69, 9.17) is 9.47 Å². The van der Waals surface area contributed by atoms with Crippen LogP contribution in [0.15, 0.2) is 12.2 Å². The summed E-state index contributed by atoms with van der Waals surface area (Å²) >= 11 is 0. The number of carbonyl (C=O) groups excluding carboxylic acids is 4. The molecular weight excluding hydrogens is 340 g/mol. The maximum atomic E-state index is 11.6. The highest BCUT2D eigenvalue weighted by atomic mass is 16.5. The van der Waals surface area contributed by atoms with Crippen LogP contribution in [0.4, 0.5) is 0 Å². The van der Waals surface area contributed by atoms with Gasteiger partial charge >= 0.3 is 0 Å². The third-order valence-corrected chi connectivity index (χ3v) is 3.76. The first-order valence-electron chi connectivity index (χ1n) is 8.90. The van der Waals surface area contributed by atoms with E-state index in [2.05, 4.69) is 5.32 Å². The van der Waals surface area contributed by atoms with Crippen molar-refractivity contribution in [3.63, 3.8) is 0 Å². The average Bonchev–Trinajstić information content (AvgIpc) is 2.92. The van der Waals surface area contributed by atoms with Gasteiger partial charge in [0, 0.05) is 50.6 Å². The summed E-state index contributed by atoms with van der Waals surface area (Å²) < 4.78 is 10.7. The maximum Gasteiger partial charge on any atom is 0.253 e. The Hall–Kier alpha value is -2.06. The van der Waals surface area contributed by atoms with E-state index < -0.39 is 0 Å². The molecule has 0 spiro atoms. The number of ether oxygens (including phenoxy) is 2. The fraction of sp³-hybridized carbons (Fsp3) is 0.667. The third-order valence-electron chi connectivity index (χ3n) is 3.76. The predicted molar refractivity (Wildman–Crippen MR) is 94.2 cm³/mol. The highest BCUT2D eigenvalue weighted by Crippen LogP contribution is 2.04. The van der Waals surface area contributed by atoms with Gasteiger partial charge in [-0.1, -0.05) is 13.8 Å². The number of ketones is 1. The first-order chi connectivity index (χ1) is 12.4. The minimum atomic E-state index is -0.389. The van der Waals surface area contributed by atoms with Crippen LogP contribution in [-0.4, -0.2) is 67.9 Å². The molecule has 0 aromatic rings. The van der Waals surface area contributed by atoms with E-state index in [-0.39, 0.29) is 42.4 Å². The fourth-order valence-corrected chi connectivity index (χ4v) is 2.17. The Morgan fingerprint density at radius 3 is 2.23 bits per heavy atom. The van der Waals surface area contributed by atoms with Crippen LogP contribution in [0.2, 0.25) is 0 Å². The van der Waals surface area contributed by atoms with E-state index in [1.165, 1.54) is 12.2 Å². The molecule has 146 valence electrons. The van der Waals surface area contributed by atoms with Gasteiger partial charge < -0.3 is 14.8 Å². The summed E-state index contributed by atoms with van der Waals surface area (Å²) in [7, 11) is 0. The number of nitrogens with one attached hydrogen (secondary N) is 1. The highest BCUT2D eigenvalue weighted by Gasteiger charge is 2.23. The number of hydrogen-bond acceptors (Lipinski definition) is 6. The van der Waals surface area contributed by atoms with Crippen molar-refractivity contribution >= 4 is 23.5 Å². The topological polar surface area (TPSA) is 102 Å². The summed E-state index contributed by atoms with van der Waals surface area (Å²) in [6.07, 6.45) is 3.70. The number of Topliss-reactive ketones (excluding diaryl/α,β-unsaturated/α-hetero) is 1. The summed E-state index contributed by atoms with van der Waals surface area (Å²) in [5.41, 5.74) is 0. The smallest absolute Gasteiger partial charge is 0.253 e. The minimum Gasteiger partial charge on any atom is -0.379 e. The molecule has 0 saturated carbocycles. The standard InChI is InChI=1S/C18H28N2O6/c1-14(2)15(21)4-3-10-25-12-13-26-11-8-19-16(22)7-9-20-17(23)5-6-18(20)24/h5-6,14H,3-4,7-13H2,1-2H3,(H,19,22). The van der Waals surface area contributed by atoms with Crippen LogP contribution in [0.1, 0.15) is 33.1 Å². The Labute approximate surface area is 153 Å². The number of amides is 3. The summed E-state index contributed by atoms with van der Waals surface area (Å²) in [4.78, 5) is 46.7. The second kappa shape index (κ2) is 12.3. The second-order valence-corrected chi connectivity index (χ2v) is 6.21. The van der Waals surface area contributed by atoms with Gasteiger partial charge in [-0.05, 0) is 6.42 Å². The van der Waals surface area contributed by atoms with Crippen molar-refractivity contribution in [3.8, 4) is 0 Å². The number of carbonyl (C=O) groups is 4. The Morgan fingerprint density at radius 2 is 1.62 bits per heavy atom. The molecule has 0 radical (unpaired) electrons. The van der Waals surface area contributed by atoms with Crippen molar-refractivity contribution in [1.82, 2.24) is 10.2 Å². The predicted octanol–water partition coefficient (Wildman–Crippen LogP) is 0.456. The second-order valence-electron chi connectivity index (χ2n) is 6.21. The molecule has 26 heavy (non-hydrogen) atoms. The molecule has 1 aliphatic heterocycles. The molecule has 1 heterocycles.